The van der Waals surface area contributed by atoms with Crippen LogP contribution in [0.3, 0.4) is 0 Å². The summed E-state index contributed by atoms with van der Waals surface area (Å²) < 4.78 is 5.62. The van der Waals surface area contributed by atoms with E-state index in [1.54, 1.807) is 6.92 Å². The molecule has 0 atom stereocenters. The molecule has 1 aromatic heterocycles. The number of carbonyl (C=O) groups excluding carboxylic acids is 2. The van der Waals surface area contributed by atoms with Crippen molar-refractivity contribution in [3.63, 3.8) is 0 Å². The van der Waals surface area contributed by atoms with Gasteiger partial charge in [-0.1, -0.05) is 0 Å². The zero-order valence-corrected chi connectivity index (χ0v) is 15.2. The highest BCUT2D eigenvalue weighted by molar-refractivity contribution is 5.78. The van der Waals surface area contributed by atoms with Gasteiger partial charge in [-0.05, 0) is 45.7 Å². The van der Waals surface area contributed by atoms with Crippen molar-refractivity contribution in [2.45, 2.75) is 59.2 Å². The van der Waals surface area contributed by atoms with Crippen LogP contribution in [0.2, 0.25) is 0 Å². The Morgan fingerprint density at radius 2 is 2.00 bits per heavy atom. The van der Waals surface area contributed by atoms with Gasteiger partial charge in [-0.15, -0.1) is 0 Å². The molecule has 0 aromatic carbocycles. The van der Waals surface area contributed by atoms with E-state index in [-0.39, 0.29) is 23.9 Å². The van der Waals surface area contributed by atoms with Gasteiger partial charge in [0, 0.05) is 32.1 Å². The predicted octanol–water partition coefficient (Wildman–Crippen LogP) is 1.93. The first-order chi connectivity index (χ1) is 11.3. The molecule has 2 heterocycles. The second-order valence-electron chi connectivity index (χ2n) is 6.86. The van der Waals surface area contributed by atoms with Gasteiger partial charge in [-0.3, -0.25) is 14.5 Å². The summed E-state index contributed by atoms with van der Waals surface area (Å²) in [7, 11) is 0. The standard InChI is InChI=1S/C18H29N3O3/c1-13(2)21(11-17-6-5-14(3)24-17)12-18(23)19-16-7-9-20(10-8-16)15(4)22/h5-6,13,16H,7-12H2,1-4H3,(H,19,23). The number of carbonyl (C=O) groups is 2. The monoisotopic (exact) mass is 335 g/mol. The molecule has 0 saturated carbocycles. The quantitative estimate of drug-likeness (QED) is 0.863. The maximum atomic E-state index is 12.4. The molecule has 0 unspecified atom stereocenters. The molecule has 0 radical (unpaired) electrons. The van der Waals surface area contributed by atoms with E-state index in [0.717, 1.165) is 37.5 Å². The van der Waals surface area contributed by atoms with Crippen molar-refractivity contribution in [3.05, 3.63) is 23.7 Å². The Labute approximate surface area is 144 Å². The van der Waals surface area contributed by atoms with Gasteiger partial charge in [0.05, 0.1) is 13.1 Å². The third-order valence-electron chi connectivity index (χ3n) is 4.54. The topological polar surface area (TPSA) is 65.8 Å². The van der Waals surface area contributed by atoms with Crippen molar-refractivity contribution in [2.75, 3.05) is 19.6 Å². The van der Waals surface area contributed by atoms with Crippen LogP contribution in [-0.4, -0.2) is 53.3 Å². The van der Waals surface area contributed by atoms with Crippen molar-refractivity contribution in [3.8, 4) is 0 Å². The highest BCUT2D eigenvalue weighted by atomic mass is 16.3. The van der Waals surface area contributed by atoms with E-state index in [0.29, 0.717) is 13.1 Å². The maximum absolute atomic E-state index is 12.4. The van der Waals surface area contributed by atoms with Crippen LogP contribution in [0.1, 0.15) is 45.1 Å². The third kappa shape index (κ3) is 5.37. The number of hydrogen-bond donors (Lipinski definition) is 1. The average molecular weight is 335 g/mol. The lowest BCUT2D eigenvalue weighted by Gasteiger charge is -2.32. The second-order valence-corrected chi connectivity index (χ2v) is 6.86. The van der Waals surface area contributed by atoms with Crippen LogP contribution in [0.5, 0.6) is 0 Å². The number of likely N-dealkylation sites (tertiary alicyclic amines) is 1. The fourth-order valence-electron chi connectivity index (χ4n) is 2.99. The van der Waals surface area contributed by atoms with Crippen LogP contribution in [0, 0.1) is 6.92 Å². The lowest BCUT2D eigenvalue weighted by atomic mass is 10.0. The molecular formula is C18H29N3O3. The Bertz CT molecular complexity index is 560. The summed E-state index contributed by atoms with van der Waals surface area (Å²) >= 11 is 0. The first-order valence-electron chi connectivity index (χ1n) is 8.69. The van der Waals surface area contributed by atoms with E-state index < -0.39 is 0 Å². The largest absolute Gasteiger partial charge is 0.465 e. The number of furan rings is 1. The molecule has 1 N–H and O–H groups in total. The summed E-state index contributed by atoms with van der Waals surface area (Å²) in [5.41, 5.74) is 0. The van der Waals surface area contributed by atoms with Crippen LogP contribution in [-0.2, 0) is 16.1 Å². The lowest BCUT2D eigenvalue weighted by molar-refractivity contribution is -0.130. The predicted molar refractivity (Wildman–Crippen MR) is 92.4 cm³/mol. The van der Waals surface area contributed by atoms with E-state index in [9.17, 15) is 9.59 Å². The molecule has 1 aromatic rings. The molecule has 24 heavy (non-hydrogen) atoms. The van der Waals surface area contributed by atoms with Gasteiger partial charge >= 0.3 is 0 Å². The number of aryl methyl sites for hydroxylation is 1. The second kappa shape index (κ2) is 8.33. The van der Waals surface area contributed by atoms with E-state index in [2.05, 4.69) is 24.1 Å². The maximum Gasteiger partial charge on any atom is 0.234 e. The first-order valence-corrected chi connectivity index (χ1v) is 8.69. The van der Waals surface area contributed by atoms with Crippen molar-refractivity contribution >= 4 is 11.8 Å². The summed E-state index contributed by atoms with van der Waals surface area (Å²) in [4.78, 5) is 27.7. The Morgan fingerprint density at radius 1 is 1.33 bits per heavy atom. The average Bonchev–Trinajstić information content (AvgIpc) is 2.92. The molecule has 0 spiro atoms. The zero-order chi connectivity index (χ0) is 17.7. The van der Waals surface area contributed by atoms with Crippen molar-refractivity contribution in [2.24, 2.45) is 0 Å². The molecule has 0 bridgehead atoms. The van der Waals surface area contributed by atoms with E-state index in [1.807, 2.05) is 24.0 Å². The minimum absolute atomic E-state index is 0.0354. The van der Waals surface area contributed by atoms with Crippen molar-refractivity contribution in [1.29, 1.82) is 0 Å². The van der Waals surface area contributed by atoms with Crippen LogP contribution < -0.4 is 5.32 Å². The van der Waals surface area contributed by atoms with E-state index in [4.69, 9.17) is 4.42 Å². The number of rotatable bonds is 6. The number of amides is 2. The smallest absolute Gasteiger partial charge is 0.234 e. The fraction of sp³-hybridized carbons (Fsp3) is 0.667. The van der Waals surface area contributed by atoms with Gasteiger partial charge in [0.2, 0.25) is 11.8 Å². The summed E-state index contributed by atoms with van der Waals surface area (Å²) in [5, 5.41) is 3.11. The Hall–Kier alpha value is -1.82. The van der Waals surface area contributed by atoms with Crippen molar-refractivity contribution in [1.82, 2.24) is 15.1 Å². The number of nitrogens with zero attached hydrogens (tertiary/aromatic N) is 2. The molecule has 134 valence electrons. The van der Waals surface area contributed by atoms with Crippen LogP contribution in [0.15, 0.2) is 16.5 Å². The van der Waals surface area contributed by atoms with Crippen molar-refractivity contribution < 1.29 is 14.0 Å². The van der Waals surface area contributed by atoms with Gasteiger partial charge in [0.1, 0.15) is 11.5 Å². The molecule has 1 aliphatic rings. The molecule has 2 rings (SSSR count). The molecule has 2 amide bonds. The minimum atomic E-state index is 0.0354. The van der Waals surface area contributed by atoms with Crippen LogP contribution in [0.4, 0.5) is 0 Å². The Morgan fingerprint density at radius 3 is 2.50 bits per heavy atom. The van der Waals surface area contributed by atoms with Gasteiger partial charge in [-0.25, -0.2) is 0 Å². The molecule has 1 fully saturated rings. The number of piperidine rings is 1. The highest BCUT2D eigenvalue weighted by Crippen LogP contribution is 2.13. The SMILES string of the molecule is CC(=O)N1CCC(NC(=O)CN(Cc2ccc(C)o2)C(C)C)CC1. The van der Waals surface area contributed by atoms with Crippen LogP contribution in [0.25, 0.3) is 0 Å². The highest BCUT2D eigenvalue weighted by Gasteiger charge is 2.23. The summed E-state index contributed by atoms with van der Waals surface area (Å²) in [6.45, 7) is 10.1. The molecule has 1 aliphatic heterocycles. The van der Waals surface area contributed by atoms with Gasteiger partial charge < -0.3 is 14.6 Å². The van der Waals surface area contributed by atoms with Crippen LogP contribution >= 0.6 is 0 Å². The van der Waals surface area contributed by atoms with Gasteiger partial charge in [-0.2, -0.15) is 0 Å². The van der Waals surface area contributed by atoms with E-state index >= 15 is 0 Å². The number of hydrogen-bond acceptors (Lipinski definition) is 4. The third-order valence-corrected chi connectivity index (χ3v) is 4.54. The molecule has 1 saturated heterocycles. The van der Waals surface area contributed by atoms with E-state index in [1.165, 1.54) is 0 Å². The Balaban J connectivity index is 1.81. The Kier molecular flexibility index (Phi) is 6.43. The lowest BCUT2D eigenvalue weighted by Crippen LogP contribution is -2.49. The minimum Gasteiger partial charge on any atom is -0.465 e. The van der Waals surface area contributed by atoms with Gasteiger partial charge in [0.15, 0.2) is 0 Å². The van der Waals surface area contributed by atoms with Gasteiger partial charge in [0.25, 0.3) is 0 Å². The zero-order valence-electron chi connectivity index (χ0n) is 15.2. The first kappa shape index (κ1) is 18.5. The molecule has 0 aliphatic carbocycles. The fourth-order valence-corrected chi connectivity index (χ4v) is 2.99. The normalized spacial score (nSPS) is 16.0. The summed E-state index contributed by atoms with van der Waals surface area (Å²) in [6.07, 6.45) is 1.65. The number of nitrogens with one attached hydrogen (secondary N) is 1. The summed E-state index contributed by atoms with van der Waals surface area (Å²) in [6, 6.07) is 4.31. The molecule has 6 heteroatoms. The molecule has 6 nitrogen and oxygen atoms in total. The molecular weight excluding hydrogens is 306 g/mol. The summed E-state index contributed by atoms with van der Waals surface area (Å²) in [5.74, 6) is 1.91.